The van der Waals surface area contributed by atoms with Gasteiger partial charge in [-0.15, -0.1) is 0 Å². The molecule has 0 aromatic heterocycles. The minimum Gasteiger partial charge on any atom is -0.397 e. The van der Waals surface area contributed by atoms with Crippen molar-refractivity contribution in [1.29, 1.82) is 0 Å². The minimum atomic E-state index is 0.250. The fourth-order valence-electron chi connectivity index (χ4n) is 0.354. The molecular formula is C8H20N2O. The van der Waals surface area contributed by atoms with Gasteiger partial charge in [0.05, 0.1) is 0 Å². The molecule has 3 nitrogen and oxygen atoms in total. The molecule has 0 atom stereocenters. The molecule has 11 heavy (non-hydrogen) atoms. The van der Waals surface area contributed by atoms with Crippen LogP contribution in [0.4, 0.5) is 0 Å². The van der Waals surface area contributed by atoms with Gasteiger partial charge in [-0.05, 0) is 45.9 Å². The number of aliphatic hydroxyl groups excluding tert-OH is 1. The Morgan fingerprint density at radius 3 is 1.09 bits per heavy atom. The summed E-state index contributed by atoms with van der Waals surface area (Å²) in [5.74, 6) is 0. The van der Waals surface area contributed by atoms with E-state index in [1.54, 1.807) is 6.92 Å². The van der Waals surface area contributed by atoms with Gasteiger partial charge in [-0.25, -0.2) is 0 Å². The first-order valence-corrected chi connectivity index (χ1v) is 4.44. The Morgan fingerprint density at radius 1 is 1.00 bits per heavy atom. The van der Waals surface area contributed by atoms with E-state index in [-0.39, 0.29) is 6.61 Å². The maximum atomic E-state index is 7.57. The zero-order valence-electron chi connectivity index (χ0n) is 7.40. The molecule has 2 aliphatic heterocycles. The Hall–Kier alpha value is -0.120. The van der Waals surface area contributed by atoms with E-state index >= 15 is 0 Å². The van der Waals surface area contributed by atoms with Gasteiger partial charge in [-0.2, -0.15) is 0 Å². The largest absolute Gasteiger partial charge is 0.397 e. The van der Waals surface area contributed by atoms with E-state index in [0.717, 1.165) is 0 Å². The Balaban J connectivity index is 0.000000139. The Morgan fingerprint density at radius 2 is 1.09 bits per heavy atom. The van der Waals surface area contributed by atoms with Gasteiger partial charge in [-0.1, -0.05) is 0 Å². The molecule has 0 aromatic rings. The molecule has 2 heterocycles. The van der Waals surface area contributed by atoms with Crippen LogP contribution in [-0.4, -0.2) is 37.9 Å². The first-order chi connectivity index (χ1) is 5.41. The summed E-state index contributed by atoms with van der Waals surface area (Å²) in [6, 6.07) is 0. The van der Waals surface area contributed by atoms with Crippen LogP contribution in [-0.2, 0) is 0 Å². The molecule has 0 saturated carbocycles. The van der Waals surface area contributed by atoms with Gasteiger partial charge in [-0.3, -0.25) is 0 Å². The van der Waals surface area contributed by atoms with Crippen molar-refractivity contribution in [2.24, 2.45) is 0 Å². The van der Waals surface area contributed by atoms with Gasteiger partial charge < -0.3 is 15.7 Å². The number of rotatable bonds is 0. The van der Waals surface area contributed by atoms with E-state index in [0.29, 0.717) is 0 Å². The van der Waals surface area contributed by atoms with Gasteiger partial charge in [0.2, 0.25) is 0 Å². The molecule has 0 aliphatic carbocycles. The van der Waals surface area contributed by atoms with Crippen molar-refractivity contribution >= 4 is 0 Å². The Kier molecular flexibility index (Phi) is 9.77. The standard InChI is InChI=1S/2C3H7N.C2H6O/c2*1-2-4-3-1;1-2-3/h2*4H,1-3H2;3H,2H2,1H3. The molecule has 2 aliphatic rings. The molecule has 0 bridgehead atoms. The summed E-state index contributed by atoms with van der Waals surface area (Å²) < 4.78 is 0. The summed E-state index contributed by atoms with van der Waals surface area (Å²) >= 11 is 0. The molecule has 0 amide bonds. The maximum Gasteiger partial charge on any atom is 0.0402 e. The van der Waals surface area contributed by atoms with Gasteiger partial charge in [0.25, 0.3) is 0 Å². The fraction of sp³-hybridized carbons (Fsp3) is 1.00. The lowest BCUT2D eigenvalue weighted by molar-refractivity contribution is 0.318. The molecule has 0 unspecified atom stereocenters. The molecule has 2 saturated heterocycles. The van der Waals surface area contributed by atoms with Crippen molar-refractivity contribution < 1.29 is 5.11 Å². The van der Waals surface area contributed by atoms with Crippen LogP contribution in [0.1, 0.15) is 19.8 Å². The molecule has 68 valence electrons. The predicted molar refractivity (Wildman–Crippen MR) is 47.7 cm³/mol. The highest BCUT2D eigenvalue weighted by atomic mass is 16.2. The molecule has 0 radical (unpaired) electrons. The zero-order valence-corrected chi connectivity index (χ0v) is 7.40. The van der Waals surface area contributed by atoms with Crippen molar-refractivity contribution in [1.82, 2.24) is 10.6 Å². The van der Waals surface area contributed by atoms with Crippen molar-refractivity contribution in [2.75, 3.05) is 32.8 Å². The second-order valence-corrected chi connectivity index (χ2v) is 2.52. The Labute approximate surface area is 69.2 Å². The molecule has 0 aromatic carbocycles. The second kappa shape index (κ2) is 9.88. The predicted octanol–water partition coefficient (Wildman–Crippen LogP) is -0.0420. The summed E-state index contributed by atoms with van der Waals surface area (Å²) in [4.78, 5) is 0. The van der Waals surface area contributed by atoms with E-state index in [9.17, 15) is 0 Å². The van der Waals surface area contributed by atoms with Crippen molar-refractivity contribution in [3.05, 3.63) is 0 Å². The summed E-state index contributed by atoms with van der Waals surface area (Å²) in [5, 5.41) is 13.8. The maximum absolute atomic E-state index is 7.57. The van der Waals surface area contributed by atoms with Gasteiger partial charge in [0.1, 0.15) is 0 Å². The third kappa shape index (κ3) is 9.88. The lowest BCUT2D eigenvalue weighted by atomic mass is 10.3. The number of aliphatic hydroxyl groups is 1. The minimum absolute atomic E-state index is 0.250. The van der Waals surface area contributed by atoms with Crippen LogP contribution < -0.4 is 10.6 Å². The average Bonchev–Trinajstić information content (AvgIpc) is 1.52. The van der Waals surface area contributed by atoms with Crippen molar-refractivity contribution in [3.8, 4) is 0 Å². The first-order valence-electron chi connectivity index (χ1n) is 4.44. The van der Waals surface area contributed by atoms with Crippen LogP contribution in [0.15, 0.2) is 0 Å². The summed E-state index contributed by atoms with van der Waals surface area (Å²) in [7, 11) is 0. The first kappa shape index (κ1) is 10.9. The summed E-state index contributed by atoms with van der Waals surface area (Å²) in [6.07, 6.45) is 2.78. The van der Waals surface area contributed by atoms with E-state index < -0.39 is 0 Å². The van der Waals surface area contributed by atoms with Crippen LogP contribution in [0, 0.1) is 0 Å². The topological polar surface area (TPSA) is 44.3 Å². The number of hydrogen-bond donors (Lipinski definition) is 3. The lowest BCUT2D eigenvalue weighted by Gasteiger charge is -2.09. The van der Waals surface area contributed by atoms with Crippen LogP contribution >= 0.6 is 0 Å². The summed E-state index contributed by atoms with van der Waals surface area (Å²) in [5.41, 5.74) is 0. The van der Waals surface area contributed by atoms with Gasteiger partial charge >= 0.3 is 0 Å². The second-order valence-electron chi connectivity index (χ2n) is 2.52. The fourth-order valence-corrected chi connectivity index (χ4v) is 0.354. The lowest BCUT2D eigenvalue weighted by Crippen LogP contribution is -2.29. The zero-order chi connectivity index (χ0) is 8.36. The van der Waals surface area contributed by atoms with E-state index in [1.807, 2.05) is 0 Å². The normalized spacial score (nSPS) is 19.1. The third-order valence-electron chi connectivity index (χ3n) is 1.41. The number of hydrogen-bond acceptors (Lipinski definition) is 3. The van der Waals surface area contributed by atoms with Gasteiger partial charge in [0.15, 0.2) is 0 Å². The molecule has 2 fully saturated rings. The average molecular weight is 160 g/mol. The van der Waals surface area contributed by atoms with Crippen LogP contribution in [0.2, 0.25) is 0 Å². The molecular weight excluding hydrogens is 140 g/mol. The van der Waals surface area contributed by atoms with Crippen molar-refractivity contribution in [2.45, 2.75) is 19.8 Å². The van der Waals surface area contributed by atoms with E-state index in [1.165, 1.54) is 39.0 Å². The highest BCUT2D eigenvalue weighted by Gasteiger charge is 1.92. The smallest absolute Gasteiger partial charge is 0.0402 e. The summed E-state index contributed by atoms with van der Waals surface area (Å²) in [6.45, 7) is 6.93. The molecule has 0 spiro atoms. The third-order valence-corrected chi connectivity index (χ3v) is 1.41. The van der Waals surface area contributed by atoms with E-state index in [4.69, 9.17) is 5.11 Å². The quantitative estimate of drug-likeness (QED) is 0.466. The van der Waals surface area contributed by atoms with Crippen LogP contribution in [0.3, 0.4) is 0 Å². The molecule has 2 rings (SSSR count). The molecule has 3 N–H and O–H groups in total. The van der Waals surface area contributed by atoms with E-state index in [2.05, 4.69) is 10.6 Å². The van der Waals surface area contributed by atoms with Gasteiger partial charge in [0, 0.05) is 6.61 Å². The van der Waals surface area contributed by atoms with Crippen LogP contribution in [0.5, 0.6) is 0 Å². The molecule has 3 heteroatoms. The SMILES string of the molecule is C1CNC1.C1CNC1.CCO. The monoisotopic (exact) mass is 160 g/mol. The highest BCUT2D eigenvalue weighted by molar-refractivity contribution is 4.57. The van der Waals surface area contributed by atoms with Crippen molar-refractivity contribution in [3.63, 3.8) is 0 Å². The number of nitrogens with one attached hydrogen (secondary N) is 2. The van der Waals surface area contributed by atoms with Crippen LogP contribution in [0.25, 0.3) is 0 Å². The Bertz CT molecular complexity index is 45.1. The highest BCUT2D eigenvalue weighted by Crippen LogP contribution is 1.81.